The molecule has 0 saturated carbocycles. The minimum atomic E-state index is 1.05. The molecule has 1 aromatic carbocycles. The number of benzene rings is 1. The van der Waals surface area contributed by atoms with E-state index in [1.165, 1.54) is 30.3 Å². The van der Waals surface area contributed by atoms with Gasteiger partial charge in [-0.15, -0.1) is 0 Å². The van der Waals surface area contributed by atoms with Crippen LogP contribution in [0.2, 0.25) is 0 Å². The average molecular weight is 222 g/mol. The highest BCUT2D eigenvalue weighted by molar-refractivity contribution is 7.99. The van der Waals surface area contributed by atoms with Crippen molar-refractivity contribution in [3.63, 3.8) is 0 Å². The van der Waals surface area contributed by atoms with Gasteiger partial charge in [0.05, 0.1) is 0 Å². The van der Waals surface area contributed by atoms with Crippen LogP contribution in [0.1, 0.15) is 0 Å². The zero-order chi connectivity index (χ0) is 10.3. The van der Waals surface area contributed by atoms with Crippen molar-refractivity contribution in [3.05, 3.63) is 30.3 Å². The van der Waals surface area contributed by atoms with Crippen LogP contribution < -0.4 is 5.32 Å². The molecular weight excluding hydrogens is 204 g/mol. The quantitative estimate of drug-likeness (QED) is 0.840. The molecule has 1 fully saturated rings. The fourth-order valence-corrected chi connectivity index (χ4v) is 2.72. The molecule has 0 aliphatic carbocycles. The maximum absolute atomic E-state index is 3.44. The summed E-state index contributed by atoms with van der Waals surface area (Å²) in [4.78, 5) is 2.53. The van der Waals surface area contributed by atoms with Gasteiger partial charge in [-0.25, -0.2) is 0 Å². The first-order valence-corrected chi connectivity index (χ1v) is 6.69. The number of hydrogen-bond acceptors (Lipinski definition) is 3. The standard InChI is InChI=1S/C12H18N2S/c1-2-4-12(5-3-1)13-6-7-14-8-10-15-11-9-14/h1-5,13H,6-11H2. The van der Waals surface area contributed by atoms with Crippen molar-refractivity contribution in [3.8, 4) is 0 Å². The maximum atomic E-state index is 3.44. The van der Waals surface area contributed by atoms with E-state index in [2.05, 4.69) is 46.2 Å². The molecule has 0 unspecified atom stereocenters. The molecule has 0 amide bonds. The largest absolute Gasteiger partial charge is 0.384 e. The lowest BCUT2D eigenvalue weighted by Gasteiger charge is -2.26. The number of nitrogens with one attached hydrogen (secondary N) is 1. The third-order valence-electron chi connectivity index (χ3n) is 2.63. The molecule has 1 aliphatic rings. The first-order chi connectivity index (χ1) is 7.45. The number of thioether (sulfide) groups is 1. The molecule has 82 valence electrons. The molecule has 3 heteroatoms. The van der Waals surface area contributed by atoms with Crippen LogP contribution in [0.3, 0.4) is 0 Å². The lowest BCUT2D eigenvalue weighted by Crippen LogP contribution is -2.36. The van der Waals surface area contributed by atoms with Crippen molar-refractivity contribution in [1.29, 1.82) is 0 Å². The summed E-state index contributed by atoms with van der Waals surface area (Å²) in [5.41, 5.74) is 1.23. The predicted octanol–water partition coefficient (Wildman–Crippen LogP) is 2.15. The summed E-state index contributed by atoms with van der Waals surface area (Å²) in [6, 6.07) is 10.4. The Balaban J connectivity index is 1.66. The topological polar surface area (TPSA) is 15.3 Å². The SMILES string of the molecule is c1ccc(NCCN2CCSCC2)cc1. The summed E-state index contributed by atoms with van der Waals surface area (Å²) in [7, 11) is 0. The van der Waals surface area contributed by atoms with Crippen LogP contribution in [0.25, 0.3) is 0 Å². The van der Waals surface area contributed by atoms with E-state index in [-0.39, 0.29) is 0 Å². The van der Waals surface area contributed by atoms with Crippen LogP contribution in [0.5, 0.6) is 0 Å². The van der Waals surface area contributed by atoms with E-state index < -0.39 is 0 Å². The number of nitrogens with zero attached hydrogens (tertiary/aromatic N) is 1. The second-order valence-corrected chi connectivity index (χ2v) is 4.97. The van der Waals surface area contributed by atoms with Gasteiger partial charge in [0.15, 0.2) is 0 Å². The van der Waals surface area contributed by atoms with Crippen molar-refractivity contribution in [2.75, 3.05) is 43.0 Å². The number of para-hydroxylation sites is 1. The number of rotatable bonds is 4. The third kappa shape index (κ3) is 3.76. The summed E-state index contributed by atoms with van der Waals surface area (Å²) < 4.78 is 0. The van der Waals surface area contributed by atoms with Crippen molar-refractivity contribution in [2.45, 2.75) is 0 Å². The van der Waals surface area contributed by atoms with Crippen molar-refractivity contribution < 1.29 is 0 Å². The predicted molar refractivity (Wildman–Crippen MR) is 68.7 cm³/mol. The molecule has 1 aromatic rings. The van der Waals surface area contributed by atoms with Gasteiger partial charge in [-0.3, -0.25) is 4.90 Å². The number of anilines is 1. The van der Waals surface area contributed by atoms with E-state index in [9.17, 15) is 0 Å². The van der Waals surface area contributed by atoms with E-state index in [0.29, 0.717) is 0 Å². The Labute approximate surface area is 96.0 Å². The Bertz CT molecular complexity index is 270. The first kappa shape index (κ1) is 10.8. The van der Waals surface area contributed by atoms with E-state index in [1.807, 2.05) is 6.07 Å². The molecule has 1 aliphatic heterocycles. The van der Waals surface area contributed by atoms with Gasteiger partial charge in [0.1, 0.15) is 0 Å². The van der Waals surface area contributed by atoms with Crippen LogP contribution in [0, 0.1) is 0 Å². The number of hydrogen-bond donors (Lipinski definition) is 1. The Morgan fingerprint density at radius 3 is 2.60 bits per heavy atom. The summed E-state index contributed by atoms with van der Waals surface area (Å²) >= 11 is 2.07. The normalized spacial score (nSPS) is 17.6. The van der Waals surface area contributed by atoms with Crippen LogP contribution in [-0.4, -0.2) is 42.6 Å². The summed E-state index contributed by atoms with van der Waals surface area (Å²) in [6.07, 6.45) is 0. The maximum Gasteiger partial charge on any atom is 0.0340 e. The fraction of sp³-hybridized carbons (Fsp3) is 0.500. The lowest BCUT2D eigenvalue weighted by molar-refractivity contribution is 0.314. The molecule has 1 saturated heterocycles. The van der Waals surface area contributed by atoms with E-state index in [0.717, 1.165) is 13.1 Å². The molecule has 0 bridgehead atoms. The highest BCUT2D eigenvalue weighted by Gasteiger charge is 2.08. The Hall–Kier alpha value is -0.670. The minimum absolute atomic E-state index is 1.05. The first-order valence-electron chi connectivity index (χ1n) is 5.54. The summed E-state index contributed by atoms with van der Waals surface area (Å²) in [5.74, 6) is 2.59. The lowest BCUT2D eigenvalue weighted by atomic mass is 10.3. The van der Waals surface area contributed by atoms with Crippen LogP contribution in [0.15, 0.2) is 30.3 Å². The van der Waals surface area contributed by atoms with Gasteiger partial charge in [0, 0.05) is 43.4 Å². The highest BCUT2D eigenvalue weighted by Crippen LogP contribution is 2.09. The zero-order valence-corrected chi connectivity index (χ0v) is 9.80. The van der Waals surface area contributed by atoms with Crippen LogP contribution in [0.4, 0.5) is 5.69 Å². The second kappa shape index (κ2) is 6.03. The molecule has 0 radical (unpaired) electrons. The third-order valence-corrected chi connectivity index (χ3v) is 3.58. The average Bonchev–Trinajstić information content (AvgIpc) is 2.32. The van der Waals surface area contributed by atoms with Gasteiger partial charge >= 0.3 is 0 Å². The van der Waals surface area contributed by atoms with Gasteiger partial charge in [-0.05, 0) is 12.1 Å². The van der Waals surface area contributed by atoms with Gasteiger partial charge < -0.3 is 5.32 Å². The monoisotopic (exact) mass is 222 g/mol. The van der Waals surface area contributed by atoms with Crippen molar-refractivity contribution >= 4 is 17.4 Å². The molecule has 0 aromatic heterocycles. The molecule has 0 spiro atoms. The Kier molecular flexibility index (Phi) is 4.36. The molecule has 0 atom stereocenters. The summed E-state index contributed by atoms with van der Waals surface area (Å²) in [6.45, 7) is 4.71. The van der Waals surface area contributed by atoms with E-state index in [1.54, 1.807) is 0 Å². The van der Waals surface area contributed by atoms with Gasteiger partial charge in [0.2, 0.25) is 0 Å². The minimum Gasteiger partial charge on any atom is -0.384 e. The van der Waals surface area contributed by atoms with Crippen LogP contribution >= 0.6 is 11.8 Å². The van der Waals surface area contributed by atoms with Crippen molar-refractivity contribution in [2.24, 2.45) is 0 Å². The molecule has 2 nitrogen and oxygen atoms in total. The second-order valence-electron chi connectivity index (χ2n) is 3.75. The van der Waals surface area contributed by atoms with E-state index in [4.69, 9.17) is 0 Å². The van der Waals surface area contributed by atoms with E-state index >= 15 is 0 Å². The molecule has 2 rings (SSSR count). The zero-order valence-electron chi connectivity index (χ0n) is 8.98. The molecule has 1 heterocycles. The molecular formula is C12H18N2S. The van der Waals surface area contributed by atoms with Gasteiger partial charge in [0.25, 0.3) is 0 Å². The van der Waals surface area contributed by atoms with Gasteiger partial charge in [-0.2, -0.15) is 11.8 Å². The molecule has 15 heavy (non-hydrogen) atoms. The summed E-state index contributed by atoms with van der Waals surface area (Å²) in [5, 5.41) is 3.44. The Morgan fingerprint density at radius 1 is 1.13 bits per heavy atom. The van der Waals surface area contributed by atoms with Crippen molar-refractivity contribution in [1.82, 2.24) is 4.90 Å². The van der Waals surface area contributed by atoms with Gasteiger partial charge in [-0.1, -0.05) is 18.2 Å². The fourth-order valence-electron chi connectivity index (χ4n) is 1.74. The van der Waals surface area contributed by atoms with Crippen LogP contribution in [-0.2, 0) is 0 Å². The molecule has 1 N–H and O–H groups in total. The smallest absolute Gasteiger partial charge is 0.0340 e. The highest BCUT2D eigenvalue weighted by atomic mass is 32.2. The Morgan fingerprint density at radius 2 is 1.87 bits per heavy atom.